The Morgan fingerprint density at radius 3 is 1.95 bits per heavy atom. The van der Waals surface area contributed by atoms with Crippen LogP contribution in [-0.2, 0) is 0 Å². The molecule has 1 N–H and O–H groups in total. The summed E-state index contributed by atoms with van der Waals surface area (Å²) in [4.78, 5) is 14.3. The van der Waals surface area contributed by atoms with Gasteiger partial charge >= 0.3 is 6.03 Å². The molecular weight excluding hydrogens is 320 g/mol. The van der Waals surface area contributed by atoms with Gasteiger partial charge in [-0.3, -0.25) is 0 Å². The van der Waals surface area contributed by atoms with E-state index in [1.54, 1.807) is 0 Å². The summed E-state index contributed by atoms with van der Waals surface area (Å²) in [7, 11) is 0. The van der Waals surface area contributed by atoms with Crippen molar-refractivity contribution in [2.75, 3.05) is 52.9 Å². The Balaban J connectivity index is 1.85. The number of hydrogen-bond donors (Lipinski definition) is 1. The van der Waals surface area contributed by atoms with Gasteiger partial charge in [-0.05, 0) is 12.1 Å². The van der Waals surface area contributed by atoms with E-state index < -0.39 is 0 Å². The van der Waals surface area contributed by atoms with Gasteiger partial charge in [0.15, 0.2) is 0 Å². The first-order chi connectivity index (χ1) is 10.4. The molecule has 0 saturated carbocycles. The van der Waals surface area contributed by atoms with E-state index in [9.17, 15) is 4.79 Å². The number of thioether (sulfide) groups is 3. The highest BCUT2D eigenvalue weighted by molar-refractivity contribution is 8.04. The highest BCUT2D eigenvalue weighted by Crippen LogP contribution is 2.14. The molecule has 3 nitrogen and oxygen atoms in total. The smallest absolute Gasteiger partial charge is 0.321 e. The van der Waals surface area contributed by atoms with E-state index in [1.165, 1.54) is 23.0 Å². The van der Waals surface area contributed by atoms with Gasteiger partial charge < -0.3 is 10.2 Å². The molecule has 21 heavy (non-hydrogen) atoms. The lowest BCUT2D eigenvalue weighted by Gasteiger charge is -2.23. The first kappa shape index (κ1) is 16.9. The summed E-state index contributed by atoms with van der Waals surface area (Å²) in [5.74, 6) is 6.86. The molecule has 0 aliphatic carbocycles. The molecule has 1 aromatic carbocycles. The summed E-state index contributed by atoms with van der Waals surface area (Å²) in [5.41, 5.74) is 0.866. The standard InChI is InChI=1S/C15H22N2OS3/c18-15(16-14-4-2-1-3-5-14)17-6-8-19-10-12-21-13-11-20-9-7-17/h1-5H,6-13H2,(H,16,18). The van der Waals surface area contributed by atoms with Crippen molar-refractivity contribution < 1.29 is 4.79 Å². The van der Waals surface area contributed by atoms with Crippen molar-refractivity contribution in [2.24, 2.45) is 0 Å². The van der Waals surface area contributed by atoms with Crippen molar-refractivity contribution >= 4 is 47.0 Å². The number of urea groups is 1. The highest BCUT2D eigenvalue weighted by atomic mass is 32.2. The van der Waals surface area contributed by atoms with Crippen LogP contribution >= 0.6 is 35.3 Å². The molecule has 0 radical (unpaired) electrons. The third-order valence-electron chi connectivity index (χ3n) is 3.07. The quantitative estimate of drug-likeness (QED) is 0.843. The minimum absolute atomic E-state index is 0.0221. The van der Waals surface area contributed by atoms with Crippen LogP contribution in [-0.4, -0.2) is 58.5 Å². The fourth-order valence-corrected chi connectivity index (χ4v) is 5.13. The van der Waals surface area contributed by atoms with Gasteiger partial charge in [-0.15, -0.1) is 0 Å². The average Bonchev–Trinajstić information content (AvgIpc) is 2.49. The third-order valence-corrected chi connectivity index (χ3v) is 6.50. The molecule has 1 fully saturated rings. The van der Waals surface area contributed by atoms with Gasteiger partial charge in [0.1, 0.15) is 0 Å². The molecule has 1 aliphatic rings. The molecule has 1 heterocycles. The van der Waals surface area contributed by atoms with Crippen LogP contribution in [0.5, 0.6) is 0 Å². The second-order valence-corrected chi connectivity index (χ2v) is 8.29. The van der Waals surface area contributed by atoms with Crippen molar-refractivity contribution in [3.05, 3.63) is 30.3 Å². The minimum Gasteiger partial charge on any atom is -0.323 e. The second kappa shape index (κ2) is 10.3. The summed E-state index contributed by atoms with van der Waals surface area (Å²) in [6.07, 6.45) is 0. The fraction of sp³-hybridized carbons (Fsp3) is 0.533. The van der Waals surface area contributed by atoms with Gasteiger partial charge in [-0.25, -0.2) is 4.79 Å². The predicted octanol–water partition coefficient (Wildman–Crippen LogP) is 3.73. The number of nitrogens with one attached hydrogen (secondary N) is 1. The van der Waals surface area contributed by atoms with Crippen molar-refractivity contribution in [3.8, 4) is 0 Å². The first-order valence-electron chi connectivity index (χ1n) is 7.20. The Kier molecular flexibility index (Phi) is 8.29. The molecule has 0 aromatic heterocycles. The van der Waals surface area contributed by atoms with Crippen LogP contribution in [0.25, 0.3) is 0 Å². The minimum atomic E-state index is 0.0221. The van der Waals surface area contributed by atoms with E-state index in [0.29, 0.717) is 0 Å². The Labute approximate surface area is 140 Å². The number of amides is 2. The number of anilines is 1. The molecule has 2 rings (SSSR count). The Bertz CT molecular complexity index is 405. The molecule has 2 amide bonds. The van der Waals surface area contributed by atoms with E-state index in [0.717, 1.165) is 30.3 Å². The molecule has 6 heteroatoms. The number of nitrogens with zero attached hydrogens (tertiary/aromatic N) is 1. The zero-order valence-corrected chi connectivity index (χ0v) is 14.6. The molecule has 0 unspecified atom stereocenters. The van der Waals surface area contributed by atoms with Crippen LogP contribution in [0, 0.1) is 0 Å². The third kappa shape index (κ3) is 6.89. The monoisotopic (exact) mass is 342 g/mol. The number of carbonyl (C=O) groups excluding carboxylic acids is 1. The largest absolute Gasteiger partial charge is 0.323 e. The summed E-state index contributed by atoms with van der Waals surface area (Å²) < 4.78 is 0. The second-order valence-electron chi connectivity index (χ2n) is 4.62. The van der Waals surface area contributed by atoms with E-state index >= 15 is 0 Å². The molecule has 1 saturated heterocycles. The predicted molar refractivity (Wildman–Crippen MR) is 99.0 cm³/mol. The summed E-state index contributed by atoms with van der Waals surface area (Å²) in [6.45, 7) is 1.66. The van der Waals surface area contributed by atoms with Crippen LogP contribution in [0.2, 0.25) is 0 Å². The van der Waals surface area contributed by atoms with Gasteiger partial charge in [-0.2, -0.15) is 35.3 Å². The lowest BCUT2D eigenvalue weighted by molar-refractivity contribution is 0.218. The molecule has 0 bridgehead atoms. The van der Waals surface area contributed by atoms with Crippen molar-refractivity contribution in [3.63, 3.8) is 0 Å². The van der Waals surface area contributed by atoms with E-state index in [4.69, 9.17) is 0 Å². The van der Waals surface area contributed by atoms with Crippen LogP contribution in [0.3, 0.4) is 0 Å². The Morgan fingerprint density at radius 2 is 1.38 bits per heavy atom. The maximum absolute atomic E-state index is 12.4. The maximum atomic E-state index is 12.4. The zero-order valence-electron chi connectivity index (χ0n) is 12.1. The van der Waals surface area contributed by atoms with Crippen molar-refractivity contribution in [2.45, 2.75) is 0 Å². The summed E-state index contributed by atoms with van der Waals surface area (Å²) in [5, 5.41) is 2.99. The fourth-order valence-electron chi connectivity index (χ4n) is 1.93. The molecule has 0 spiro atoms. The van der Waals surface area contributed by atoms with Gasteiger partial charge in [0, 0.05) is 53.3 Å². The number of benzene rings is 1. The van der Waals surface area contributed by atoms with Gasteiger partial charge in [0.2, 0.25) is 0 Å². The van der Waals surface area contributed by atoms with E-state index in [2.05, 4.69) is 5.32 Å². The number of para-hydroxylation sites is 1. The number of carbonyl (C=O) groups is 1. The first-order valence-corrected chi connectivity index (χ1v) is 10.7. The van der Waals surface area contributed by atoms with Crippen LogP contribution in [0.15, 0.2) is 30.3 Å². The Morgan fingerprint density at radius 1 is 0.857 bits per heavy atom. The summed E-state index contributed by atoms with van der Waals surface area (Å²) >= 11 is 5.93. The topological polar surface area (TPSA) is 32.3 Å². The molecule has 1 aliphatic heterocycles. The van der Waals surface area contributed by atoms with Crippen LogP contribution in [0.1, 0.15) is 0 Å². The van der Waals surface area contributed by atoms with Gasteiger partial charge in [0.25, 0.3) is 0 Å². The lowest BCUT2D eigenvalue weighted by atomic mass is 10.3. The van der Waals surface area contributed by atoms with Crippen molar-refractivity contribution in [1.82, 2.24) is 4.90 Å². The zero-order chi connectivity index (χ0) is 14.8. The number of hydrogen-bond acceptors (Lipinski definition) is 4. The Hall–Kier alpha value is -0.460. The maximum Gasteiger partial charge on any atom is 0.321 e. The molecule has 116 valence electrons. The van der Waals surface area contributed by atoms with Gasteiger partial charge in [0.05, 0.1) is 0 Å². The van der Waals surface area contributed by atoms with E-state index in [-0.39, 0.29) is 6.03 Å². The lowest BCUT2D eigenvalue weighted by Crippen LogP contribution is -2.38. The van der Waals surface area contributed by atoms with Crippen molar-refractivity contribution in [1.29, 1.82) is 0 Å². The number of rotatable bonds is 1. The molecule has 1 aromatic rings. The van der Waals surface area contributed by atoms with Crippen LogP contribution in [0.4, 0.5) is 10.5 Å². The summed E-state index contributed by atoms with van der Waals surface area (Å²) in [6, 6.07) is 9.71. The average molecular weight is 343 g/mol. The normalized spacial score (nSPS) is 18.4. The highest BCUT2D eigenvalue weighted by Gasteiger charge is 2.13. The van der Waals surface area contributed by atoms with Gasteiger partial charge in [-0.1, -0.05) is 18.2 Å². The van der Waals surface area contributed by atoms with E-state index in [1.807, 2.05) is 70.5 Å². The SMILES string of the molecule is O=C(Nc1ccccc1)N1CCSCCSCCSCC1. The molecular formula is C15H22N2OS3. The van der Waals surface area contributed by atoms with Crippen LogP contribution < -0.4 is 5.32 Å². The molecule has 0 atom stereocenters.